The summed E-state index contributed by atoms with van der Waals surface area (Å²) in [6, 6.07) is 7.90. The van der Waals surface area contributed by atoms with E-state index in [1.165, 1.54) is 24.3 Å². The van der Waals surface area contributed by atoms with Gasteiger partial charge < -0.3 is 9.26 Å². The number of aryl methyl sites for hydroxylation is 2. The van der Waals surface area contributed by atoms with Crippen molar-refractivity contribution in [2.24, 2.45) is 0 Å². The van der Waals surface area contributed by atoms with Crippen LogP contribution in [0.4, 0.5) is 0 Å². The fourth-order valence-electron chi connectivity index (χ4n) is 4.25. The number of ether oxygens (including phenoxy) is 1. The molecule has 1 aromatic heterocycles. The zero-order valence-electron chi connectivity index (χ0n) is 17.7. The molecule has 2 aromatic rings. The van der Waals surface area contributed by atoms with Crippen LogP contribution in [0.25, 0.3) is 0 Å². The predicted molar refractivity (Wildman–Crippen MR) is 113 cm³/mol. The molecule has 0 radical (unpaired) electrons. The van der Waals surface area contributed by atoms with Gasteiger partial charge in [-0.3, -0.25) is 9.80 Å². The Morgan fingerprint density at radius 1 is 1.13 bits per heavy atom. The van der Waals surface area contributed by atoms with Gasteiger partial charge in [0.2, 0.25) is 10.0 Å². The Kier molecular flexibility index (Phi) is 6.41. The average Bonchev–Trinajstić information content (AvgIpc) is 3.05. The summed E-state index contributed by atoms with van der Waals surface area (Å²) in [5, 5.41) is 12.9. The second kappa shape index (κ2) is 9.06. The van der Waals surface area contributed by atoms with E-state index < -0.39 is 10.0 Å². The van der Waals surface area contributed by atoms with E-state index in [1.807, 2.05) is 19.9 Å². The lowest BCUT2D eigenvalue weighted by Crippen LogP contribution is -2.59. The lowest BCUT2D eigenvalue weighted by atomic mass is 10.1. The van der Waals surface area contributed by atoms with E-state index in [-0.39, 0.29) is 17.1 Å². The van der Waals surface area contributed by atoms with Gasteiger partial charge >= 0.3 is 0 Å². The first-order valence-electron chi connectivity index (χ1n) is 10.4. The molecule has 10 heteroatoms. The third-order valence-corrected chi connectivity index (χ3v) is 7.29. The number of morpholine rings is 2. The maximum absolute atomic E-state index is 12.5. The molecule has 4 rings (SSSR count). The summed E-state index contributed by atoms with van der Waals surface area (Å²) in [6.07, 6.45) is 0.200. The zero-order valence-corrected chi connectivity index (χ0v) is 18.6. The highest BCUT2D eigenvalue weighted by molar-refractivity contribution is 7.89. The van der Waals surface area contributed by atoms with Crippen LogP contribution < -0.4 is 4.72 Å². The summed E-state index contributed by atoms with van der Waals surface area (Å²) < 4.78 is 39.0. The highest BCUT2D eigenvalue weighted by atomic mass is 32.2. The van der Waals surface area contributed by atoms with Crippen molar-refractivity contribution in [1.82, 2.24) is 19.7 Å². The van der Waals surface area contributed by atoms with E-state index in [4.69, 9.17) is 14.5 Å². The molecule has 2 fully saturated rings. The van der Waals surface area contributed by atoms with Crippen molar-refractivity contribution in [1.29, 1.82) is 5.26 Å². The zero-order chi connectivity index (χ0) is 22.0. The summed E-state index contributed by atoms with van der Waals surface area (Å²) in [7, 11) is -3.59. The number of benzene rings is 1. The molecule has 0 aliphatic carbocycles. The van der Waals surface area contributed by atoms with Crippen molar-refractivity contribution >= 4 is 10.0 Å². The lowest BCUT2D eigenvalue weighted by molar-refractivity contribution is -0.139. The molecule has 0 amide bonds. The Morgan fingerprint density at radius 2 is 1.77 bits per heavy atom. The number of rotatable bonds is 7. The number of hydrogen-bond donors (Lipinski definition) is 1. The molecule has 2 saturated heterocycles. The molecule has 0 saturated carbocycles. The van der Waals surface area contributed by atoms with Gasteiger partial charge in [0.1, 0.15) is 5.76 Å². The van der Waals surface area contributed by atoms with Crippen LogP contribution in [0, 0.1) is 25.2 Å². The van der Waals surface area contributed by atoms with E-state index >= 15 is 0 Å². The molecule has 2 atom stereocenters. The van der Waals surface area contributed by atoms with Gasteiger partial charge in [0.05, 0.1) is 34.4 Å². The molecular weight excluding hydrogens is 418 g/mol. The molecule has 31 heavy (non-hydrogen) atoms. The quantitative estimate of drug-likeness (QED) is 0.673. The molecular formula is C21H27N5O4S. The van der Waals surface area contributed by atoms with Crippen molar-refractivity contribution in [2.75, 3.05) is 39.3 Å². The van der Waals surface area contributed by atoms with E-state index in [0.29, 0.717) is 18.7 Å². The summed E-state index contributed by atoms with van der Waals surface area (Å²) in [4.78, 5) is 4.81. The Labute approximate surface area is 182 Å². The Balaban J connectivity index is 1.27. The monoisotopic (exact) mass is 445 g/mol. The summed E-state index contributed by atoms with van der Waals surface area (Å²) in [6.45, 7) is 8.86. The van der Waals surface area contributed by atoms with E-state index in [2.05, 4.69) is 19.7 Å². The number of nitrogens with zero attached hydrogens (tertiary/aromatic N) is 4. The normalized spacial score (nSPS) is 22.4. The maximum atomic E-state index is 12.5. The van der Waals surface area contributed by atoms with Crippen LogP contribution in [0.15, 0.2) is 33.7 Å². The van der Waals surface area contributed by atoms with Crippen molar-refractivity contribution in [2.45, 2.75) is 37.5 Å². The van der Waals surface area contributed by atoms with E-state index in [9.17, 15) is 8.42 Å². The third-order valence-electron chi connectivity index (χ3n) is 5.81. The third kappa shape index (κ3) is 5.14. The van der Waals surface area contributed by atoms with Gasteiger partial charge in [0, 0.05) is 51.4 Å². The molecule has 0 spiro atoms. The SMILES string of the molecule is Cc1noc(C)c1CN1CC2CN(CCNS(=O)(=O)c3ccc(C#N)cc3)CC(C1)O2. The van der Waals surface area contributed by atoms with Crippen LogP contribution in [0.2, 0.25) is 0 Å². The first-order valence-corrected chi connectivity index (χ1v) is 11.8. The largest absolute Gasteiger partial charge is 0.370 e. The Morgan fingerprint density at radius 3 is 2.35 bits per heavy atom. The van der Waals surface area contributed by atoms with Crippen molar-refractivity contribution in [3.63, 3.8) is 0 Å². The van der Waals surface area contributed by atoms with Gasteiger partial charge in [0.15, 0.2) is 0 Å². The minimum absolute atomic E-state index is 0.100. The smallest absolute Gasteiger partial charge is 0.240 e. The highest BCUT2D eigenvalue weighted by Crippen LogP contribution is 2.22. The van der Waals surface area contributed by atoms with Gasteiger partial charge in [0.25, 0.3) is 0 Å². The van der Waals surface area contributed by atoms with Crippen LogP contribution in [-0.2, 0) is 21.3 Å². The van der Waals surface area contributed by atoms with Crippen LogP contribution in [0.3, 0.4) is 0 Å². The highest BCUT2D eigenvalue weighted by Gasteiger charge is 2.35. The second-order valence-electron chi connectivity index (χ2n) is 8.17. The first kappa shape index (κ1) is 21.9. The van der Waals surface area contributed by atoms with Crippen molar-refractivity contribution in [3.8, 4) is 6.07 Å². The Bertz CT molecular complexity index is 1030. The molecule has 9 nitrogen and oxygen atoms in total. The summed E-state index contributed by atoms with van der Waals surface area (Å²) in [5.41, 5.74) is 2.52. The topological polar surface area (TPSA) is 112 Å². The van der Waals surface area contributed by atoms with Gasteiger partial charge in [-0.1, -0.05) is 5.16 Å². The Hall–Kier alpha value is -2.29. The van der Waals surface area contributed by atoms with Crippen LogP contribution in [0.5, 0.6) is 0 Å². The number of nitriles is 1. The van der Waals surface area contributed by atoms with Crippen molar-refractivity contribution in [3.05, 3.63) is 46.8 Å². The first-order chi connectivity index (χ1) is 14.8. The number of aromatic nitrogens is 1. The molecule has 1 aromatic carbocycles. The van der Waals surface area contributed by atoms with Gasteiger partial charge in [-0.05, 0) is 38.1 Å². The van der Waals surface area contributed by atoms with Crippen LogP contribution in [0.1, 0.15) is 22.6 Å². The molecule has 3 heterocycles. The van der Waals surface area contributed by atoms with E-state index in [1.54, 1.807) is 0 Å². The van der Waals surface area contributed by atoms with Crippen LogP contribution >= 0.6 is 0 Å². The summed E-state index contributed by atoms with van der Waals surface area (Å²) >= 11 is 0. The lowest BCUT2D eigenvalue weighted by Gasteiger charge is -2.45. The van der Waals surface area contributed by atoms with Crippen molar-refractivity contribution < 1.29 is 17.7 Å². The molecule has 2 bridgehead atoms. The fourth-order valence-corrected chi connectivity index (χ4v) is 5.27. The second-order valence-corrected chi connectivity index (χ2v) is 9.94. The summed E-state index contributed by atoms with van der Waals surface area (Å²) in [5.74, 6) is 0.866. The number of nitrogens with one attached hydrogen (secondary N) is 1. The minimum atomic E-state index is -3.59. The molecule has 2 aliphatic heterocycles. The van der Waals surface area contributed by atoms with Gasteiger partial charge in [-0.25, -0.2) is 13.1 Å². The standard InChI is InChI=1S/C21H27N5O4S/c1-15-21(16(2)30-24-15)14-26-12-18-10-25(11-19(13-26)29-18)8-7-23-31(27,28)20-5-3-17(9-22)4-6-20/h3-6,18-19,23H,7-8,10-14H2,1-2H3. The predicted octanol–water partition coefficient (Wildman–Crippen LogP) is 1.03. The number of fused-ring (bicyclic) bond motifs is 2. The molecule has 2 aliphatic rings. The molecule has 1 N–H and O–H groups in total. The fraction of sp³-hybridized carbons (Fsp3) is 0.524. The number of sulfonamides is 1. The maximum Gasteiger partial charge on any atom is 0.240 e. The minimum Gasteiger partial charge on any atom is -0.370 e. The number of hydrogen-bond acceptors (Lipinski definition) is 8. The molecule has 2 unspecified atom stereocenters. The molecule has 166 valence electrons. The van der Waals surface area contributed by atoms with Crippen LogP contribution in [-0.4, -0.2) is 74.9 Å². The van der Waals surface area contributed by atoms with Gasteiger partial charge in [-0.15, -0.1) is 0 Å². The van der Waals surface area contributed by atoms with Gasteiger partial charge in [-0.2, -0.15) is 5.26 Å². The average molecular weight is 446 g/mol. The van der Waals surface area contributed by atoms with E-state index in [0.717, 1.165) is 49.7 Å².